The Balaban J connectivity index is 3.51. The molecule has 0 aliphatic heterocycles. The largest absolute Gasteiger partial charge is 0.481 e. The summed E-state index contributed by atoms with van der Waals surface area (Å²) in [5.41, 5.74) is -1.03. The van der Waals surface area contributed by atoms with Crippen molar-refractivity contribution in [2.24, 2.45) is 10.8 Å². The van der Waals surface area contributed by atoms with Crippen LogP contribution in [-0.4, -0.2) is 36.9 Å². The number of aliphatic carboxylic acids is 1. The Labute approximate surface area is 153 Å². The average Bonchev–Trinajstić information content (AvgIpc) is 2.52. The van der Waals surface area contributed by atoms with Crippen molar-refractivity contribution in [3.05, 3.63) is 0 Å². The predicted molar refractivity (Wildman–Crippen MR) is 99.6 cm³/mol. The van der Waals surface area contributed by atoms with Crippen LogP contribution in [0.4, 0.5) is 0 Å². The van der Waals surface area contributed by atoms with Crippen molar-refractivity contribution >= 4 is 11.9 Å². The highest BCUT2D eigenvalue weighted by atomic mass is 16.5. The molecule has 25 heavy (non-hydrogen) atoms. The van der Waals surface area contributed by atoms with Gasteiger partial charge >= 0.3 is 11.9 Å². The van der Waals surface area contributed by atoms with Crippen LogP contribution in [0.3, 0.4) is 0 Å². The van der Waals surface area contributed by atoms with Crippen molar-refractivity contribution in [3.8, 4) is 0 Å². The van der Waals surface area contributed by atoms with Crippen LogP contribution in [0.5, 0.6) is 0 Å². The Kier molecular flexibility index (Phi) is 11.7. The van der Waals surface area contributed by atoms with Crippen LogP contribution in [0.1, 0.15) is 86.0 Å². The summed E-state index contributed by atoms with van der Waals surface area (Å²) in [6, 6.07) is 0. The van der Waals surface area contributed by atoms with Gasteiger partial charge in [-0.1, -0.05) is 25.7 Å². The summed E-state index contributed by atoms with van der Waals surface area (Å²) in [7, 11) is 0. The minimum atomic E-state index is -0.720. The third-order valence-corrected chi connectivity index (χ3v) is 4.59. The molecule has 1 N–H and O–H groups in total. The van der Waals surface area contributed by atoms with Crippen LogP contribution < -0.4 is 0 Å². The predicted octanol–water partition coefficient (Wildman–Crippen LogP) is 4.82. The third kappa shape index (κ3) is 11.2. The van der Waals surface area contributed by atoms with Gasteiger partial charge in [-0.15, -0.1) is 0 Å². The molecule has 0 aromatic carbocycles. The van der Waals surface area contributed by atoms with Crippen LogP contribution in [0.25, 0.3) is 0 Å². The maximum Gasteiger partial charge on any atom is 0.311 e. The molecule has 0 rings (SSSR count). The van der Waals surface area contributed by atoms with Gasteiger partial charge in [0, 0.05) is 13.2 Å². The first-order valence-electron chi connectivity index (χ1n) is 9.62. The highest BCUT2D eigenvalue weighted by Gasteiger charge is 2.28. The quantitative estimate of drug-likeness (QED) is 0.335. The number of carbonyl (C=O) groups is 2. The van der Waals surface area contributed by atoms with Gasteiger partial charge in [-0.25, -0.2) is 0 Å². The van der Waals surface area contributed by atoms with E-state index >= 15 is 0 Å². The molecule has 5 heteroatoms. The van der Waals surface area contributed by atoms with E-state index in [1.807, 2.05) is 20.8 Å². The van der Waals surface area contributed by atoms with Gasteiger partial charge in [0.2, 0.25) is 0 Å². The number of hydrogen-bond donors (Lipinski definition) is 1. The Morgan fingerprint density at radius 3 is 1.84 bits per heavy atom. The number of hydrogen-bond acceptors (Lipinski definition) is 4. The monoisotopic (exact) mass is 358 g/mol. The zero-order valence-electron chi connectivity index (χ0n) is 16.9. The van der Waals surface area contributed by atoms with E-state index in [0.29, 0.717) is 6.61 Å². The summed E-state index contributed by atoms with van der Waals surface area (Å²) in [4.78, 5) is 22.8. The Morgan fingerprint density at radius 2 is 1.28 bits per heavy atom. The molecule has 0 amide bonds. The SMILES string of the molecule is CCOC(=O)C(C)(C)CCCCOCCCCCCC(C)(C)C(=O)O. The van der Waals surface area contributed by atoms with E-state index in [9.17, 15) is 9.59 Å². The molecule has 0 fully saturated rings. The molecule has 0 aromatic rings. The number of rotatable bonds is 15. The highest BCUT2D eigenvalue weighted by molar-refractivity contribution is 5.75. The van der Waals surface area contributed by atoms with Gasteiger partial charge in [0.05, 0.1) is 17.4 Å². The van der Waals surface area contributed by atoms with E-state index in [1.165, 1.54) is 0 Å². The molecule has 0 aromatic heterocycles. The molecule has 0 saturated carbocycles. The summed E-state index contributed by atoms with van der Waals surface area (Å²) >= 11 is 0. The molecule has 0 unspecified atom stereocenters. The van der Waals surface area contributed by atoms with Gasteiger partial charge in [-0.2, -0.15) is 0 Å². The lowest BCUT2D eigenvalue weighted by molar-refractivity contribution is -0.154. The van der Waals surface area contributed by atoms with Crippen molar-refractivity contribution in [3.63, 3.8) is 0 Å². The van der Waals surface area contributed by atoms with E-state index in [2.05, 4.69) is 0 Å². The van der Waals surface area contributed by atoms with Crippen molar-refractivity contribution < 1.29 is 24.2 Å². The summed E-state index contributed by atoms with van der Waals surface area (Å²) in [6.45, 7) is 11.2. The van der Waals surface area contributed by atoms with Crippen molar-refractivity contribution in [2.75, 3.05) is 19.8 Å². The standard InChI is InChI=1S/C20H38O5/c1-6-25-18(23)20(4,5)14-10-12-16-24-15-11-8-7-9-13-19(2,3)17(21)22/h6-16H2,1-5H3,(H,21,22). The lowest BCUT2D eigenvalue weighted by Gasteiger charge is -2.21. The zero-order valence-corrected chi connectivity index (χ0v) is 16.9. The second-order valence-electron chi connectivity index (χ2n) is 8.03. The van der Waals surface area contributed by atoms with E-state index in [-0.39, 0.29) is 5.97 Å². The van der Waals surface area contributed by atoms with E-state index < -0.39 is 16.8 Å². The number of carboxylic acids is 1. The Hall–Kier alpha value is -1.10. The molecule has 0 radical (unpaired) electrons. The minimum absolute atomic E-state index is 0.123. The van der Waals surface area contributed by atoms with E-state index in [1.54, 1.807) is 13.8 Å². The molecular weight excluding hydrogens is 320 g/mol. The molecule has 0 bridgehead atoms. The normalized spacial score (nSPS) is 12.2. The number of ether oxygens (including phenoxy) is 2. The molecule has 0 spiro atoms. The fourth-order valence-corrected chi connectivity index (χ4v) is 2.53. The topological polar surface area (TPSA) is 72.8 Å². The lowest BCUT2D eigenvalue weighted by Crippen LogP contribution is -2.26. The van der Waals surface area contributed by atoms with Crippen molar-refractivity contribution in [1.82, 2.24) is 0 Å². The van der Waals surface area contributed by atoms with Gasteiger partial charge in [0.25, 0.3) is 0 Å². The molecule has 0 aliphatic rings. The van der Waals surface area contributed by atoms with Crippen LogP contribution >= 0.6 is 0 Å². The Morgan fingerprint density at radius 1 is 0.800 bits per heavy atom. The van der Waals surface area contributed by atoms with Crippen LogP contribution in [0.15, 0.2) is 0 Å². The van der Waals surface area contributed by atoms with Gasteiger partial charge in [0.1, 0.15) is 0 Å². The zero-order chi connectivity index (χ0) is 19.3. The van der Waals surface area contributed by atoms with Crippen LogP contribution in [-0.2, 0) is 19.1 Å². The maximum absolute atomic E-state index is 11.8. The fourth-order valence-electron chi connectivity index (χ4n) is 2.53. The van der Waals surface area contributed by atoms with Crippen LogP contribution in [0, 0.1) is 10.8 Å². The first-order valence-corrected chi connectivity index (χ1v) is 9.62. The summed E-state index contributed by atoms with van der Waals surface area (Å²) in [5.74, 6) is -0.844. The van der Waals surface area contributed by atoms with Crippen molar-refractivity contribution in [2.45, 2.75) is 86.0 Å². The number of carbonyl (C=O) groups excluding carboxylic acids is 1. The van der Waals surface area contributed by atoms with Gasteiger partial charge in [0.15, 0.2) is 0 Å². The van der Waals surface area contributed by atoms with Crippen LogP contribution in [0.2, 0.25) is 0 Å². The van der Waals surface area contributed by atoms with Crippen molar-refractivity contribution in [1.29, 1.82) is 0 Å². The maximum atomic E-state index is 11.8. The number of esters is 1. The van der Waals surface area contributed by atoms with Gasteiger partial charge < -0.3 is 14.6 Å². The van der Waals surface area contributed by atoms with Gasteiger partial charge in [-0.3, -0.25) is 9.59 Å². The van der Waals surface area contributed by atoms with E-state index in [0.717, 1.165) is 64.6 Å². The number of carboxylic acid groups (broad SMARTS) is 1. The summed E-state index contributed by atoms with van der Waals surface area (Å²) in [6.07, 6.45) is 7.53. The second-order valence-corrected chi connectivity index (χ2v) is 8.03. The summed E-state index contributed by atoms with van der Waals surface area (Å²) in [5, 5.41) is 9.05. The summed E-state index contributed by atoms with van der Waals surface area (Å²) < 4.78 is 10.7. The molecule has 0 saturated heterocycles. The molecule has 0 heterocycles. The van der Waals surface area contributed by atoms with Gasteiger partial charge in [-0.05, 0) is 60.3 Å². The Bertz CT molecular complexity index is 388. The minimum Gasteiger partial charge on any atom is -0.481 e. The van der Waals surface area contributed by atoms with E-state index in [4.69, 9.17) is 14.6 Å². The fraction of sp³-hybridized carbons (Fsp3) is 0.900. The second kappa shape index (κ2) is 12.3. The lowest BCUT2D eigenvalue weighted by atomic mass is 9.87. The third-order valence-electron chi connectivity index (χ3n) is 4.59. The first kappa shape index (κ1) is 23.9. The smallest absolute Gasteiger partial charge is 0.311 e. The highest BCUT2D eigenvalue weighted by Crippen LogP contribution is 2.25. The molecule has 0 atom stereocenters. The molecule has 5 nitrogen and oxygen atoms in total. The number of unbranched alkanes of at least 4 members (excludes halogenated alkanes) is 4. The first-order chi connectivity index (χ1) is 11.6. The molecular formula is C20H38O5. The average molecular weight is 359 g/mol. The molecule has 0 aliphatic carbocycles. The molecule has 148 valence electrons.